The smallest absolute Gasteiger partial charge is 0.208 e. The van der Waals surface area contributed by atoms with Crippen LogP contribution in [0.15, 0.2) is 0 Å². The first-order valence-corrected chi connectivity index (χ1v) is 7.28. The summed E-state index contributed by atoms with van der Waals surface area (Å²) in [5.41, 5.74) is 0.413. The van der Waals surface area contributed by atoms with Crippen molar-refractivity contribution in [2.45, 2.75) is 32.6 Å². The molecule has 4 nitrogen and oxygen atoms in total. The number of aryl methyl sites for hydroxylation is 1. The predicted octanol–water partition coefficient (Wildman–Crippen LogP) is 2.11. The Bertz CT molecular complexity index is 387. The van der Waals surface area contributed by atoms with Gasteiger partial charge < -0.3 is 9.64 Å². The second-order valence-electron chi connectivity index (χ2n) is 5.20. The minimum Gasteiger partial charge on any atom is -0.381 e. The number of nitrogens with zero attached hydrogens (tertiary/aromatic N) is 3. The summed E-state index contributed by atoms with van der Waals surface area (Å²) in [6, 6.07) is 0. The number of rotatable bonds is 3. The molecule has 2 aliphatic rings. The molecule has 1 aromatic heterocycles. The lowest BCUT2D eigenvalue weighted by Gasteiger charge is -2.21. The predicted molar refractivity (Wildman–Crippen MR) is 68.6 cm³/mol. The molecule has 1 aromatic rings. The molecule has 3 rings (SSSR count). The van der Waals surface area contributed by atoms with Crippen LogP contribution in [0.5, 0.6) is 0 Å². The second kappa shape index (κ2) is 4.53. The minimum atomic E-state index is 0.413. The van der Waals surface area contributed by atoms with Crippen molar-refractivity contribution in [2.24, 2.45) is 5.41 Å². The molecule has 0 aliphatic carbocycles. The molecule has 5 heteroatoms. The van der Waals surface area contributed by atoms with E-state index in [-0.39, 0.29) is 0 Å². The van der Waals surface area contributed by atoms with Gasteiger partial charge in [-0.1, -0.05) is 18.3 Å². The largest absolute Gasteiger partial charge is 0.381 e. The standard InChI is InChI=1S/C12H19N3OS/c1-2-3-10-13-14-11(17-10)15-6-4-12(8-15)5-7-16-9-12/h2-9H2,1H3/t12-/m1/s1. The van der Waals surface area contributed by atoms with Gasteiger partial charge in [0.25, 0.3) is 0 Å². The van der Waals surface area contributed by atoms with Gasteiger partial charge in [0, 0.05) is 31.5 Å². The van der Waals surface area contributed by atoms with Crippen LogP contribution in [0.4, 0.5) is 5.13 Å². The fourth-order valence-electron chi connectivity index (χ4n) is 2.76. The Morgan fingerprint density at radius 1 is 1.41 bits per heavy atom. The van der Waals surface area contributed by atoms with Gasteiger partial charge in [-0.05, 0) is 19.3 Å². The maximum Gasteiger partial charge on any atom is 0.208 e. The van der Waals surface area contributed by atoms with Gasteiger partial charge >= 0.3 is 0 Å². The van der Waals surface area contributed by atoms with Gasteiger partial charge in [-0.2, -0.15) is 0 Å². The van der Waals surface area contributed by atoms with Crippen LogP contribution in [0.2, 0.25) is 0 Å². The molecule has 1 atom stereocenters. The van der Waals surface area contributed by atoms with Crippen LogP contribution in [0.1, 0.15) is 31.2 Å². The topological polar surface area (TPSA) is 38.2 Å². The lowest BCUT2D eigenvalue weighted by molar-refractivity contribution is 0.160. The molecule has 0 saturated carbocycles. The van der Waals surface area contributed by atoms with E-state index in [4.69, 9.17) is 4.74 Å². The van der Waals surface area contributed by atoms with Gasteiger partial charge in [-0.25, -0.2) is 0 Å². The molecule has 0 aromatic carbocycles. The summed E-state index contributed by atoms with van der Waals surface area (Å²) >= 11 is 1.76. The van der Waals surface area contributed by atoms with E-state index in [0.717, 1.165) is 44.3 Å². The van der Waals surface area contributed by atoms with Crippen molar-refractivity contribution in [3.63, 3.8) is 0 Å². The summed E-state index contributed by atoms with van der Waals surface area (Å²) in [6.07, 6.45) is 4.66. The summed E-state index contributed by atoms with van der Waals surface area (Å²) < 4.78 is 5.55. The molecular weight excluding hydrogens is 234 g/mol. The first kappa shape index (κ1) is 11.4. The Kier molecular flexibility index (Phi) is 3.04. The summed E-state index contributed by atoms with van der Waals surface area (Å²) in [5, 5.41) is 10.9. The Balaban J connectivity index is 1.68. The SMILES string of the molecule is CCCc1nnc(N2CC[C@@]3(CCOC3)C2)s1. The van der Waals surface area contributed by atoms with Gasteiger partial charge in [0.05, 0.1) is 6.61 Å². The molecule has 0 unspecified atom stereocenters. The molecule has 2 saturated heterocycles. The van der Waals surface area contributed by atoms with Crippen LogP contribution in [0.25, 0.3) is 0 Å². The Morgan fingerprint density at radius 3 is 3.12 bits per heavy atom. The van der Waals surface area contributed by atoms with Gasteiger partial charge in [-0.15, -0.1) is 10.2 Å². The molecule has 2 fully saturated rings. The zero-order valence-corrected chi connectivity index (χ0v) is 11.1. The zero-order chi connectivity index (χ0) is 11.7. The third kappa shape index (κ3) is 2.18. The number of anilines is 1. The lowest BCUT2D eigenvalue weighted by atomic mass is 9.87. The summed E-state index contributed by atoms with van der Waals surface area (Å²) in [5.74, 6) is 0. The average molecular weight is 253 g/mol. The highest BCUT2D eigenvalue weighted by molar-refractivity contribution is 7.15. The molecule has 2 aliphatic heterocycles. The van der Waals surface area contributed by atoms with Crippen LogP contribution in [0.3, 0.4) is 0 Å². The van der Waals surface area contributed by atoms with E-state index in [1.807, 2.05) is 0 Å². The van der Waals surface area contributed by atoms with Crippen molar-refractivity contribution >= 4 is 16.5 Å². The molecule has 94 valence electrons. The van der Waals surface area contributed by atoms with E-state index in [1.165, 1.54) is 17.8 Å². The van der Waals surface area contributed by atoms with Crippen molar-refractivity contribution < 1.29 is 4.74 Å². The monoisotopic (exact) mass is 253 g/mol. The number of hydrogen-bond donors (Lipinski definition) is 0. The highest BCUT2D eigenvalue weighted by Crippen LogP contribution is 2.40. The normalized spacial score (nSPS) is 28.4. The number of ether oxygens (including phenoxy) is 1. The van der Waals surface area contributed by atoms with Crippen molar-refractivity contribution in [2.75, 3.05) is 31.2 Å². The molecule has 1 spiro atoms. The van der Waals surface area contributed by atoms with Crippen molar-refractivity contribution in [1.29, 1.82) is 0 Å². The summed E-state index contributed by atoms with van der Waals surface area (Å²) in [4.78, 5) is 2.39. The van der Waals surface area contributed by atoms with E-state index in [2.05, 4.69) is 22.0 Å². The number of hydrogen-bond acceptors (Lipinski definition) is 5. The fourth-order valence-corrected chi connectivity index (χ4v) is 3.72. The summed E-state index contributed by atoms with van der Waals surface area (Å²) in [6.45, 7) is 6.27. The fraction of sp³-hybridized carbons (Fsp3) is 0.833. The van der Waals surface area contributed by atoms with Gasteiger partial charge in [0.1, 0.15) is 5.01 Å². The van der Waals surface area contributed by atoms with Crippen molar-refractivity contribution in [3.8, 4) is 0 Å². The molecule has 0 N–H and O–H groups in total. The second-order valence-corrected chi connectivity index (χ2v) is 6.24. The maximum atomic E-state index is 5.55. The maximum absolute atomic E-state index is 5.55. The van der Waals surface area contributed by atoms with Crippen LogP contribution >= 0.6 is 11.3 Å². The third-order valence-electron chi connectivity index (χ3n) is 3.81. The highest BCUT2D eigenvalue weighted by Gasteiger charge is 2.42. The quantitative estimate of drug-likeness (QED) is 0.827. The first-order chi connectivity index (χ1) is 8.31. The van der Waals surface area contributed by atoms with Crippen molar-refractivity contribution in [3.05, 3.63) is 5.01 Å². The van der Waals surface area contributed by atoms with Gasteiger partial charge in [0.2, 0.25) is 5.13 Å². The van der Waals surface area contributed by atoms with Crippen LogP contribution < -0.4 is 4.90 Å². The summed E-state index contributed by atoms with van der Waals surface area (Å²) in [7, 11) is 0. The van der Waals surface area contributed by atoms with Gasteiger partial charge in [-0.3, -0.25) is 0 Å². The minimum absolute atomic E-state index is 0.413. The third-order valence-corrected chi connectivity index (χ3v) is 4.86. The molecular formula is C12H19N3OS. The Hall–Kier alpha value is -0.680. The van der Waals surface area contributed by atoms with E-state index in [1.54, 1.807) is 11.3 Å². The molecule has 17 heavy (non-hydrogen) atoms. The number of aromatic nitrogens is 2. The van der Waals surface area contributed by atoms with Crippen molar-refractivity contribution in [1.82, 2.24) is 10.2 Å². The van der Waals surface area contributed by atoms with E-state index in [0.29, 0.717) is 5.41 Å². The van der Waals surface area contributed by atoms with Crippen LogP contribution in [-0.4, -0.2) is 36.5 Å². The van der Waals surface area contributed by atoms with Gasteiger partial charge in [0.15, 0.2) is 0 Å². The lowest BCUT2D eigenvalue weighted by Crippen LogP contribution is -2.27. The highest BCUT2D eigenvalue weighted by atomic mass is 32.1. The first-order valence-electron chi connectivity index (χ1n) is 6.46. The van der Waals surface area contributed by atoms with E-state index in [9.17, 15) is 0 Å². The van der Waals surface area contributed by atoms with E-state index >= 15 is 0 Å². The average Bonchev–Trinajstić information content (AvgIpc) is 3.03. The zero-order valence-electron chi connectivity index (χ0n) is 10.3. The van der Waals surface area contributed by atoms with Crippen LogP contribution in [-0.2, 0) is 11.2 Å². The molecule has 3 heterocycles. The molecule has 0 bridgehead atoms. The Labute approximate surface area is 106 Å². The van der Waals surface area contributed by atoms with Crippen LogP contribution in [0, 0.1) is 5.41 Å². The Morgan fingerprint density at radius 2 is 2.35 bits per heavy atom. The molecule has 0 amide bonds. The molecule has 0 radical (unpaired) electrons. The van der Waals surface area contributed by atoms with E-state index < -0.39 is 0 Å².